The second kappa shape index (κ2) is 6.07. The minimum Gasteiger partial charge on any atom is -0.504 e. The number of ether oxygens (including phenoxy) is 1. The monoisotopic (exact) mass is 310 g/mol. The number of carbonyl (C=O) groups excluding carboxylic acids is 1. The predicted molar refractivity (Wildman–Crippen MR) is 90.4 cm³/mol. The Bertz CT molecular complexity index is 686. The van der Waals surface area contributed by atoms with Crippen LogP contribution >= 0.6 is 0 Å². The molecule has 0 heterocycles. The highest BCUT2D eigenvalue weighted by Gasteiger charge is 2.46. The van der Waals surface area contributed by atoms with E-state index in [9.17, 15) is 9.90 Å². The summed E-state index contributed by atoms with van der Waals surface area (Å²) >= 11 is 0. The van der Waals surface area contributed by atoms with Gasteiger partial charge in [-0.25, -0.2) is 0 Å². The van der Waals surface area contributed by atoms with E-state index in [4.69, 9.17) is 4.74 Å². The van der Waals surface area contributed by atoms with Crippen molar-refractivity contribution in [3.63, 3.8) is 0 Å². The molecule has 120 valence electrons. The molecule has 1 N–H and O–H groups in total. The van der Waals surface area contributed by atoms with Crippen LogP contribution in [0.3, 0.4) is 0 Å². The lowest BCUT2D eigenvalue weighted by Gasteiger charge is -2.28. The standard InChI is InChI=1S/C20H22O3/c1-4-14-11-15(20-16(21)7-5-12(2)19(14)20)9-13-6-8-18(23-3)17(22)10-13/h4-8,10,14-15,19-20,22H,1-2,9,11H2,3H3/t14-,15-,19+,20-/m0/s1. The summed E-state index contributed by atoms with van der Waals surface area (Å²) < 4.78 is 5.08. The van der Waals surface area contributed by atoms with E-state index in [1.807, 2.05) is 18.2 Å². The van der Waals surface area contributed by atoms with Crippen molar-refractivity contribution in [1.29, 1.82) is 0 Å². The normalized spacial score (nSPS) is 29.4. The zero-order valence-electron chi connectivity index (χ0n) is 13.4. The van der Waals surface area contributed by atoms with Crippen molar-refractivity contribution in [1.82, 2.24) is 0 Å². The molecule has 23 heavy (non-hydrogen) atoms. The van der Waals surface area contributed by atoms with Gasteiger partial charge in [-0.15, -0.1) is 6.58 Å². The molecule has 3 nitrogen and oxygen atoms in total. The third kappa shape index (κ3) is 2.72. The van der Waals surface area contributed by atoms with Crippen molar-refractivity contribution >= 4 is 5.78 Å². The number of rotatable bonds is 4. The Balaban J connectivity index is 1.86. The molecular formula is C20H22O3. The summed E-state index contributed by atoms with van der Waals surface area (Å²) in [5.41, 5.74) is 2.05. The lowest BCUT2D eigenvalue weighted by molar-refractivity contribution is -0.120. The fourth-order valence-corrected chi connectivity index (χ4v) is 4.15. The molecule has 1 aromatic carbocycles. The number of phenols is 1. The Kier molecular flexibility index (Phi) is 4.12. The minimum atomic E-state index is -0.0280. The molecule has 0 unspecified atom stereocenters. The van der Waals surface area contributed by atoms with Gasteiger partial charge in [0.05, 0.1) is 7.11 Å². The molecule has 0 bridgehead atoms. The Labute approximate surface area is 137 Å². The average molecular weight is 310 g/mol. The number of hydrogen-bond acceptors (Lipinski definition) is 3. The van der Waals surface area contributed by atoms with Crippen LogP contribution in [0.4, 0.5) is 0 Å². The predicted octanol–water partition coefficient (Wildman–Crippen LogP) is 3.69. The lowest BCUT2D eigenvalue weighted by Crippen LogP contribution is -2.29. The Hall–Kier alpha value is -2.29. The summed E-state index contributed by atoms with van der Waals surface area (Å²) in [5.74, 6) is 1.46. The van der Waals surface area contributed by atoms with Crippen molar-refractivity contribution in [2.24, 2.45) is 23.7 Å². The summed E-state index contributed by atoms with van der Waals surface area (Å²) in [6, 6.07) is 5.45. The molecule has 0 saturated heterocycles. The molecule has 1 fully saturated rings. The summed E-state index contributed by atoms with van der Waals surface area (Å²) in [7, 11) is 1.53. The van der Waals surface area contributed by atoms with Crippen LogP contribution in [0, 0.1) is 23.7 Å². The van der Waals surface area contributed by atoms with Gasteiger partial charge < -0.3 is 9.84 Å². The topological polar surface area (TPSA) is 46.5 Å². The van der Waals surface area contributed by atoms with Gasteiger partial charge in [-0.3, -0.25) is 4.79 Å². The molecule has 0 amide bonds. The van der Waals surface area contributed by atoms with Gasteiger partial charge in [0.2, 0.25) is 0 Å². The van der Waals surface area contributed by atoms with Gasteiger partial charge in [0, 0.05) is 5.92 Å². The van der Waals surface area contributed by atoms with E-state index >= 15 is 0 Å². The molecule has 1 aromatic rings. The maximum atomic E-state index is 12.4. The van der Waals surface area contributed by atoms with Crippen LogP contribution in [-0.4, -0.2) is 18.0 Å². The highest BCUT2D eigenvalue weighted by Crippen LogP contribution is 2.49. The number of allylic oxidation sites excluding steroid dienone is 4. The molecule has 0 aromatic heterocycles. The highest BCUT2D eigenvalue weighted by molar-refractivity contribution is 5.94. The van der Waals surface area contributed by atoms with Gasteiger partial charge in [0.15, 0.2) is 17.3 Å². The SMILES string of the molecule is C=C[C@H]1C[C@H](Cc2ccc(OC)c(O)c2)[C@H]2C(=O)C=CC(=C)[C@@H]21. The molecular weight excluding hydrogens is 288 g/mol. The fraction of sp³-hybridized carbons (Fsp3) is 0.350. The number of carbonyl (C=O) groups is 1. The van der Waals surface area contributed by atoms with E-state index in [0.29, 0.717) is 11.7 Å². The zero-order chi connectivity index (χ0) is 16.6. The van der Waals surface area contributed by atoms with Crippen LogP contribution in [0.1, 0.15) is 12.0 Å². The molecule has 3 heteroatoms. The Morgan fingerprint density at radius 3 is 2.78 bits per heavy atom. The van der Waals surface area contributed by atoms with Crippen molar-refractivity contribution in [3.05, 3.63) is 60.7 Å². The van der Waals surface area contributed by atoms with Crippen molar-refractivity contribution in [3.8, 4) is 11.5 Å². The van der Waals surface area contributed by atoms with Crippen molar-refractivity contribution in [2.75, 3.05) is 7.11 Å². The van der Waals surface area contributed by atoms with E-state index in [2.05, 4.69) is 13.2 Å². The van der Waals surface area contributed by atoms with Gasteiger partial charge in [-0.05, 0) is 54.4 Å². The Morgan fingerprint density at radius 2 is 2.13 bits per heavy atom. The van der Waals surface area contributed by atoms with E-state index in [-0.39, 0.29) is 29.3 Å². The number of methoxy groups -OCH3 is 1. The third-order valence-corrected chi connectivity index (χ3v) is 5.19. The van der Waals surface area contributed by atoms with Gasteiger partial charge in [-0.1, -0.05) is 30.4 Å². The van der Waals surface area contributed by atoms with Crippen LogP contribution in [0.15, 0.2) is 55.2 Å². The third-order valence-electron chi connectivity index (χ3n) is 5.19. The second-order valence-corrected chi connectivity index (χ2v) is 6.47. The number of hydrogen-bond donors (Lipinski definition) is 1. The zero-order valence-corrected chi connectivity index (χ0v) is 13.4. The molecule has 0 spiro atoms. The van der Waals surface area contributed by atoms with E-state index in [0.717, 1.165) is 24.0 Å². The summed E-state index contributed by atoms with van der Waals surface area (Å²) in [5, 5.41) is 9.96. The molecule has 2 aliphatic rings. The summed E-state index contributed by atoms with van der Waals surface area (Å²) in [4.78, 5) is 12.4. The molecule has 0 aliphatic heterocycles. The van der Waals surface area contributed by atoms with Gasteiger partial charge >= 0.3 is 0 Å². The fourth-order valence-electron chi connectivity index (χ4n) is 4.15. The van der Waals surface area contributed by atoms with Crippen LogP contribution in [-0.2, 0) is 11.2 Å². The molecule has 1 saturated carbocycles. The lowest BCUT2D eigenvalue weighted by atomic mass is 9.75. The maximum Gasteiger partial charge on any atom is 0.160 e. The first-order valence-electron chi connectivity index (χ1n) is 7.94. The smallest absolute Gasteiger partial charge is 0.160 e. The quantitative estimate of drug-likeness (QED) is 0.863. The number of aromatic hydroxyl groups is 1. The molecule has 2 aliphatic carbocycles. The number of benzene rings is 1. The van der Waals surface area contributed by atoms with E-state index < -0.39 is 0 Å². The van der Waals surface area contributed by atoms with Gasteiger partial charge in [0.25, 0.3) is 0 Å². The van der Waals surface area contributed by atoms with Crippen LogP contribution in [0.25, 0.3) is 0 Å². The molecule has 3 rings (SSSR count). The van der Waals surface area contributed by atoms with Gasteiger partial charge in [-0.2, -0.15) is 0 Å². The van der Waals surface area contributed by atoms with Crippen LogP contribution in [0.5, 0.6) is 11.5 Å². The Morgan fingerprint density at radius 1 is 1.35 bits per heavy atom. The first-order chi connectivity index (χ1) is 11.0. The van der Waals surface area contributed by atoms with E-state index in [1.54, 1.807) is 18.2 Å². The number of fused-ring (bicyclic) bond motifs is 1. The first kappa shape index (κ1) is 15.6. The van der Waals surface area contributed by atoms with Crippen molar-refractivity contribution < 1.29 is 14.6 Å². The van der Waals surface area contributed by atoms with Crippen LogP contribution in [0.2, 0.25) is 0 Å². The van der Waals surface area contributed by atoms with Gasteiger partial charge in [0.1, 0.15) is 0 Å². The summed E-state index contributed by atoms with van der Waals surface area (Å²) in [6.45, 7) is 8.06. The second-order valence-electron chi connectivity index (χ2n) is 6.47. The minimum absolute atomic E-state index is 0.0280. The van der Waals surface area contributed by atoms with Crippen molar-refractivity contribution in [2.45, 2.75) is 12.8 Å². The molecule has 0 radical (unpaired) electrons. The summed E-state index contributed by atoms with van der Waals surface area (Å²) in [6.07, 6.45) is 7.16. The average Bonchev–Trinajstić information content (AvgIpc) is 2.91. The highest BCUT2D eigenvalue weighted by atomic mass is 16.5. The maximum absolute atomic E-state index is 12.4. The first-order valence-corrected chi connectivity index (χ1v) is 7.94. The van der Waals surface area contributed by atoms with E-state index in [1.165, 1.54) is 7.11 Å². The largest absolute Gasteiger partial charge is 0.504 e. The van der Waals surface area contributed by atoms with Crippen LogP contribution < -0.4 is 4.74 Å². The number of ketones is 1. The number of phenolic OH excluding ortho intramolecular Hbond substituents is 1. The molecule has 4 atom stereocenters.